The van der Waals surface area contributed by atoms with Crippen LogP contribution in [-0.4, -0.2) is 36.2 Å². The number of hydrogen-bond donors (Lipinski definition) is 0. The minimum Gasteiger partial charge on any atom is -0.463 e. The third kappa shape index (κ3) is 6.01. The van der Waals surface area contributed by atoms with Gasteiger partial charge in [0, 0.05) is 25.2 Å². The lowest BCUT2D eigenvalue weighted by Gasteiger charge is -2.25. The first-order valence-corrected chi connectivity index (χ1v) is 11.7. The molecule has 5 atom stereocenters. The molecule has 4 rings (SSSR count). The van der Waals surface area contributed by atoms with Crippen LogP contribution in [0.15, 0.2) is 60.7 Å². The molecule has 2 aromatic carbocycles. The summed E-state index contributed by atoms with van der Waals surface area (Å²) < 4.78 is 17.0. The molecule has 2 aromatic rings. The molecule has 0 unspecified atom stereocenters. The van der Waals surface area contributed by atoms with Crippen molar-refractivity contribution >= 4 is 17.9 Å². The van der Waals surface area contributed by atoms with Crippen LogP contribution in [0.2, 0.25) is 0 Å². The Morgan fingerprint density at radius 1 is 1.03 bits per heavy atom. The molecule has 2 aliphatic rings. The van der Waals surface area contributed by atoms with E-state index in [9.17, 15) is 14.4 Å². The van der Waals surface area contributed by atoms with E-state index >= 15 is 0 Å². The van der Waals surface area contributed by atoms with Crippen molar-refractivity contribution in [3.05, 3.63) is 71.8 Å². The minimum absolute atomic E-state index is 0.0103. The maximum atomic E-state index is 12.7. The zero-order valence-electron chi connectivity index (χ0n) is 18.9. The quantitative estimate of drug-likeness (QED) is 0.413. The molecule has 0 radical (unpaired) electrons. The number of hydrogen-bond acceptors (Lipinski definition) is 6. The standard InChI is InChI=1S/C27H30O6/c1-18(28)31-21(13-12-19-8-4-2-5-9-19)14-15-22-23-16-26(29)32-25(23)17-24(22)33-27(30)20-10-6-3-7-11-20/h2-11,21-25H,12-17H2,1H3/t21-,22+,23+,24+,25-/m0/s1. The van der Waals surface area contributed by atoms with Gasteiger partial charge in [-0.1, -0.05) is 48.5 Å². The predicted molar refractivity (Wildman–Crippen MR) is 121 cm³/mol. The third-order valence-electron chi connectivity index (χ3n) is 6.68. The van der Waals surface area contributed by atoms with E-state index < -0.39 is 0 Å². The van der Waals surface area contributed by atoms with Gasteiger partial charge in [0.05, 0.1) is 12.0 Å². The van der Waals surface area contributed by atoms with Gasteiger partial charge in [-0.25, -0.2) is 4.79 Å². The molecule has 0 aromatic heterocycles. The normalized spacial score (nSPS) is 24.6. The molecule has 1 saturated carbocycles. The van der Waals surface area contributed by atoms with Crippen LogP contribution in [-0.2, 0) is 30.2 Å². The highest BCUT2D eigenvalue weighted by atomic mass is 16.6. The summed E-state index contributed by atoms with van der Waals surface area (Å²) in [5.74, 6) is -0.841. The molecule has 1 heterocycles. The lowest BCUT2D eigenvalue weighted by Crippen LogP contribution is -2.28. The lowest BCUT2D eigenvalue weighted by atomic mass is 9.86. The van der Waals surface area contributed by atoms with Crippen molar-refractivity contribution in [1.29, 1.82) is 0 Å². The van der Waals surface area contributed by atoms with E-state index in [-0.39, 0.29) is 48.1 Å². The number of aryl methyl sites for hydroxylation is 1. The van der Waals surface area contributed by atoms with Gasteiger partial charge in [-0.05, 0) is 43.4 Å². The maximum absolute atomic E-state index is 12.7. The van der Waals surface area contributed by atoms with Crippen LogP contribution in [0.4, 0.5) is 0 Å². The number of carbonyl (C=O) groups excluding carboxylic acids is 3. The Morgan fingerprint density at radius 3 is 2.42 bits per heavy atom. The van der Waals surface area contributed by atoms with Crippen molar-refractivity contribution in [2.24, 2.45) is 11.8 Å². The molecule has 0 spiro atoms. The summed E-state index contributed by atoms with van der Waals surface area (Å²) in [5, 5.41) is 0. The average molecular weight is 451 g/mol. The molecular weight excluding hydrogens is 420 g/mol. The largest absolute Gasteiger partial charge is 0.463 e. The molecule has 0 amide bonds. The fourth-order valence-electron chi connectivity index (χ4n) is 5.12. The molecule has 2 fully saturated rings. The van der Waals surface area contributed by atoms with Gasteiger partial charge in [-0.15, -0.1) is 0 Å². The Hall–Kier alpha value is -3.15. The second-order valence-electron chi connectivity index (χ2n) is 8.94. The average Bonchev–Trinajstić information content (AvgIpc) is 3.32. The van der Waals surface area contributed by atoms with Crippen LogP contribution in [0.3, 0.4) is 0 Å². The maximum Gasteiger partial charge on any atom is 0.338 e. The number of ether oxygens (including phenoxy) is 3. The molecule has 6 heteroatoms. The Labute approximate surface area is 194 Å². The van der Waals surface area contributed by atoms with Gasteiger partial charge in [0.25, 0.3) is 0 Å². The molecular formula is C27H30O6. The van der Waals surface area contributed by atoms with Gasteiger partial charge in [0.15, 0.2) is 0 Å². The predicted octanol–water partition coefficient (Wildman–Crippen LogP) is 4.51. The van der Waals surface area contributed by atoms with Gasteiger partial charge >= 0.3 is 17.9 Å². The van der Waals surface area contributed by atoms with Crippen molar-refractivity contribution in [3.8, 4) is 0 Å². The fraction of sp³-hybridized carbons (Fsp3) is 0.444. The lowest BCUT2D eigenvalue weighted by molar-refractivity contribution is -0.147. The number of rotatable bonds is 9. The van der Waals surface area contributed by atoms with Gasteiger partial charge in [0.2, 0.25) is 0 Å². The summed E-state index contributed by atoms with van der Waals surface area (Å²) in [6, 6.07) is 19.0. The van der Waals surface area contributed by atoms with Crippen molar-refractivity contribution in [2.75, 3.05) is 0 Å². The van der Waals surface area contributed by atoms with Crippen molar-refractivity contribution in [3.63, 3.8) is 0 Å². The highest BCUT2D eigenvalue weighted by Gasteiger charge is 2.51. The smallest absolute Gasteiger partial charge is 0.338 e. The van der Waals surface area contributed by atoms with E-state index in [0.29, 0.717) is 37.7 Å². The monoisotopic (exact) mass is 450 g/mol. The topological polar surface area (TPSA) is 78.9 Å². The molecule has 1 saturated heterocycles. The molecule has 1 aliphatic heterocycles. The second-order valence-corrected chi connectivity index (χ2v) is 8.94. The van der Waals surface area contributed by atoms with Gasteiger partial charge in [-0.3, -0.25) is 9.59 Å². The zero-order valence-corrected chi connectivity index (χ0v) is 18.9. The summed E-state index contributed by atoms with van der Waals surface area (Å²) in [6.07, 6.45) is 2.95. The van der Waals surface area contributed by atoms with E-state index in [0.717, 1.165) is 6.42 Å². The molecule has 33 heavy (non-hydrogen) atoms. The van der Waals surface area contributed by atoms with Crippen LogP contribution < -0.4 is 0 Å². The molecule has 6 nitrogen and oxygen atoms in total. The number of carbonyl (C=O) groups is 3. The van der Waals surface area contributed by atoms with Crippen molar-refractivity contribution < 1.29 is 28.6 Å². The van der Waals surface area contributed by atoms with Crippen molar-refractivity contribution in [2.45, 2.75) is 63.8 Å². The molecule has 174 valence electrons. The Kier molecular flexibility index (Phi) is 7.43. The second kappa shape index (κ2) is 10.6. The minimum atomic E-state index is -0.363. The highest BCUT2D eigenvalue weighted by Crippen LogP contribution is 2.45. The highest BCUT2D eigenvalue weighted by molar-refractivity contribution is 5.89. The van der Waals surface area contributed by atoms with E-state index in [2.05, 4.69) is 12.1 Å². The Bertz CT molecular complexity index is 957. The first kappa shape index (κ1) is 23.0. The first-order valence-electron chi connectivity index (χ1n) is 11.7. The Morgan fingerprint density at radius 2 is 1.73 bits per heavy atom. The summed E-state index contributed by atoms with van der Waals surface area (Å²) in [6.45, 7) is 1.43. The van der Waals surface area contributed by atoms with E-state index in [1.165, 1.54) is 12.5 Å². The number of fused-ring (bicyclic) bond motifs is 1. The molecule has 0 N–H and O–H groups in total. The van der Waals surface area contributed by atoms with Gasteiger partial charge < -0.3 is 14.2 Å². The first-order chi connectivity index (χ1) is 16.0. The van der Waals surface area contributed by atoms with Crippen LogP contribution in [0.1, 0.15) is 54.9 Å². The van der Waals surface area contributed by atoms with Crippen LogP contribution in [0, 0.1) is 11.8 Å². The SMILES string of the molecule is CC(=O)O[C@@H](CCc1ccccc1)CC[C@@H]1[C@H]2CC(=O)O[C@H]2C[C@H]1OC(=O)c1ccccc1. The summed E-state index contributed by atoms with van der Waals surface area (Å²) in [4.78, 5) is 36.3. The number of benzene rings is 2. The van der Waals surface area contributed by atoms with E-state index in [4.69, 9.17) is 14.2 Å². The fourth-order valence-corrected chi connectivity index (χ4v) is 5.12. The van der Waals surface area contributed by atoms with Gasteiger partial charge in [0.1, 0.15) is 18.3 Å². The Balaban J connectivity index is 1.41. The third-order valence-corrected chi connectivity index (χ3v) is 6.68. The van der Waals surface area contributed by atoms with E-state index in [1.807, 2.05) is 24.3 Å². The van der Waals surface area contributed by atoms with Crippen LogP contribution in [0.25, 0.3) is 0 Å². The number of esters is 3. The van der Waals surface area contributed by atoms with Crippen LogP contribution in [0.5, 0.6) is 0 Å². The summed E-state index contributed by atoms with van der Waals surface area (Å²) in [5.41, 5.74) is 1.70. The zero-order chi connectivity index (χ0) is 23.2. The summed E-state index contributed by atoms with van der Waals surface area (Å²) >= 11 is 0. The van der Waals surface area contributed by atoms with Crippen molar-refractivity contribution in [1.82, 2.24) is 0 Å². The summed E-state index contributed by atoms with van der Waals surface area (Å²) in [7, 11) is 0. The molecule has 0 bridgehead atoms. The van der Waals surface area contributed by atoms with E-state index in [1.54, 1.807) is 24.3 Å². The van der Waals surface area contributed by atoms with Gasteiger partial charge in [-0.2, -0.15) is 0 Å². The van der Waals surface area contributed by atoms with Crippen LogP contribution >= 0.6 is 0 Å². The molecule has 1 aliphatic carbocycles.